The van der Waals surface area contributed by atoms with E-state index in [0.717, 1.165) is 48.3 Å². The topological polar surface area (TPSA) is 83.9 Å². The molecule has 8 heteroatoms. The average Bonchev–Trinajstić information content (AvgIpc) is 3.47. The van der Waals surface area contributed by atoms with Crippen LogP contribution in [-0.4, -0.2) is 50.2 Å². The number of nitrogens with zero attached hydrogens (tertiary/aromatic N) is 4. The van der Waals surface area contributed by atoms with Crippen molar-refractivity contribution in [1.29, 1.82) is 0 Å². The number of aromatic nitrogens is 4. The Morgan fingerprint density at radius 2 is 1.72 bits per heavy atom. The summed E-state index contributed by atoms with van der Waals surface area (Å²) < 4.78 is 14.8. The zero-order valence-electron chi connectivity index (χ0n) is 20.8. The van der Waals surface area contributed by atoms with E-state index in [1.165, 1.54) is 17.0 Å². The van der Waals surface area contributed by atoms with Crippen molar-refractivity contribution in [2.24, 2.45) is 0 Å². The SMILES string of the molecule is Cc1nn(-c2ccccc2)c(C)c1C(=O)C(=O)N(C)CCCCCc1cc(-c2ccc(F)cc2)n[nH]1. The minimum atomic E-state index is -0.527. The van der Waals surface area contributed by atoms with Crippen LogP contribution in [0.3, 0.4) is 0 Å². The molecular weight excluding hydrogens is 457 g/mol. The van der Waals surface area contributed by atoms with E-state index in [1.807, 2.05) is 43.3 Å². The maximum Gasteiger partial charge on any atom is 0.294 e. The van der Waals surface area contributed by atoms with Gasteiger partial charge in [-0.05, 0) is 75.6 Å². The van der Waals surface area contributed by atoms with Gasteiger partial charge in [0, 0.05) is 24.8 Å². The standard InChI is InChI=1S/C28H30FN5O2/c1-19-26(20(2)34(32-19)24-11-7-4-8-12-24)27(35)28(36)33(3)17-9-5-6-10-23-18-25(31-30-23)21-13-15-22(29)16-14-21/h4,7-8,11-16,18H,5-6,9-10,17H2,1-3H3,(H,30,31). The van der Waals surface area contributed by atoms with Crippen LogP contribution in [0.2, 0.25) is 0 Å². The van der Waals surface area contributed by atoms with Crippen molar-refractivity contribution < 1.29 is 14.0 Å². The van der Waals surface area contributed by atoms with Gasteiger partial charge in [0.1, 0.15) is 5.82 Å². The number of hydrogen-bond acceptors (Lipinski definition) is 4. The van der Waals surface area contributed by atoms with Crippen LogP contribution in [0, 0.1) is 19.7 Å². The predicted octanol–water partition coefficient (Wildman–Crippen LogP) is 5.07. The lowest BCUT2D eigenvalue weighted by atomic mass is 10.1. The van der Waals surface area contributed by atoms with Crippen molar-refractivity contribution in [1.82, 2.24) is 24.9 Å². The summed E-state index contributed by atoms with van der Waals surface area (Å²) in [5.41, 5.74) is 5.08. The number of Topliss-reactive ketones (excluding diaryl/α,β-unsaturated/α-hetero) is 1. The fourth-order valence-electron chi connectivity index (χ4n) is 4.27. The average molecular weight is 488 g/mol. The molecule has 0 unspecified atom stereocenters. The van der Waals surface area contributed by atoms with Crippen LogP contribution in [0.1, 0.15) is 46.7 Å². The van der Waals surface area contributed by atoms with Gasteiger partial charge in [-0.1, -0.05) is 24.6 Å². The molecule has 0 saturated heterocycles. The first-order chi connectivity index (χ1) is 17.3. The van der Waals surface area contributed by atoms with Crippen LogP contribution in [0.15, 0.2) is 60.7 Å². The number of aromatic amines is 1. The molecule has 186 valence electrons. The van der Waals surface area contributed by atoms with Crippen LogP contribution in [0.5, 0.6) is 0 Å². The molecule has 0 atom stereocenters. The molecule has 4 rings (SSSR count). The third-order valence-electron chi connectivity index (χ3n) is 6.27. The molecule has 0 spiro atoms. The number of benzene rings is 2. The van der Waals surface area contributed by atoms with Gasteiger partial charge in [-0.15, -0.1) is 0 Å². The van der Waals surface area contributed by atoms with E-state index in [9.17, 15) is 14.0 Å². The number of likely N-dealkylation sites (N-methyl/N-ethyl adjacent to an activating group) is 1. The maximum atomic E-state index is 13.1. The fraction of sp³-hybridized carbons (Fsp3) is 0.286. The first-order valence-corrected chi connectivity index (χ1v) is 12.1. The molecule has 7 nitrogen and oxygen atoms in total. The van der Waals surface area contributed by atoms with Crippen LogP contribution in [0.25, 0.3) is 16.9 Å². The zero-order valence-corrected chi connectivity index (χ0v) is 20.8. The summed E-state index contributed by atoms with van der Waals surface area (Å²) in [6, 6.07) is 17.8. The number of halogens is 1. The number of carbonyl (C=O) groups excluding carboxylic acids is 2. The Bertz CT molecular complexity index is 1340. The van der Waals surface area contributed by atoms with E-state index in [-0.39, 0.29) is 5.82 Å². The molecule has 0 aliphatic carbocycles. The molecular formula is C28H30FN5O2. The smallest absolute Gasteiger partial charge is 0.294 e. The van der Waals surface area contributed by atoms with Gasteiger partial charge in [0.25, 0.3) is 11.7 Å². The second-order valence-corrected chi connectivity index (χ2v) is 8.94. The van der Waals surface area contributed by atoms with Crippen molar-refractivity contribution in [3.8, 4) is 16.9 Å². The highest BCUT2D eigenvalue weighted by Gasteiger charge is 2.27. The van der Waals surface area contributed by atoms with Crippen molar-refractivity contribution >= 4 is 11.7 Å². The molecule has 1 N–H and O–H groups in total. The number of unbranched alkanes of at least 4 members (excludes halogenated alkanes) is 2. The first kappa shape index (κ1) is 25.0. The summed E-state index contributed by atoms with van der Waals surface area (Å²) in [6.07, 6.45) is 3.43. The zero-order chi connectivity index (χ0) is 25.7. The van der Waals surface area contributed by atoms with Gasteiger partial charge in [0.15, 0.2) is 0 Å². The summed E-state index contributed by atoms with van der Waals surface area (Å²) in [5.74, 6) is -1.32. The van der Waals surface area contributed by atoms with Gasteiger partial charge >= 0.3 is 0 Å². The largest absolute Gasteiger partial charge is 0.339 e. The van der Waals surface area contributed by atoms with Gasteiger partial charge in [-0.25, -0.2) is 9.07 Å². The molecule has 2 aromatic carbocycles. The second-order valence-electron chi connectivity index (χ2n) is 8.94. The van der Waals surface area contributed by atoms with Gasteiger partial charge in [0.05, 0.1) is 28.3 Å². The lowest BCUT2D eigenvalue weighted by Crippen LogP contribution is -2.34. The molecule has 0 aliphatic rings. The number of H-pyrrole nitrogens is 1. The number of amides is 1. The van der Waals surface area contributed by atoms with E-state index in [1.54, 1.807) is 30.8 Å². The Kier molecular flexibility index (Phi) is 7.73. The first-order valence-electron chi connectivity index (χ1n) is 12.1. The molecule has 0 bridgehead atoms. The molecule has 0 fully saturated rings. The van der Waals surface area contributed by atoms with Crippen molar-refractivity contribution in [3.63, 3.8) is 0 Å². The summed E-state index contributed by atoms with van der Waals surface area (Å²) in [7, 11) is 1.66. The van der Waals surface area contributed by atoms with Gasteiger partial charge in [-0.3, -0.25) is 14.7 Å². The Morgan fingerprint density at radius 3 is 2.44 bits per heavy atom. The van der Waals surface area contributed by atoms with E-state index in [4.69, 9.17) is 0 Å². The highest BCUT2D eigenvalue weighted by atomic mass is 19.1. The van der Waals surface area contributed by atoms with Gasteiger partial charge in [-0.2, -0.15) is 10.2 Å². The maximum absolute atomic E-state index is 13.1. The molecule has 36 heavy (non-hydrogen) atoms. The summed E-state index contributed by atoms with van der Waals surface area (Å²) in [5, 5.41) is 11.8. The molecule has 1 amide bonds. The van der Waals surface area contributed by atoms with Gasteiger partial charge in [0.2, 0.25) is 0 Å². The molecule has 2 heterocycles. The summed E-state index contributed by atoms with van der Waals surface area (Å²) in [4.78, 5) is 27.3. The number of ketones is 1. The minimum Gasteiger partial charge on any atom is -0.339 e. The van der Waals surface area contributed by atoms with Crippen molar-refractivity contribution in [2.75, 3.05) is 13.6 Å². The molecule has 0 saturated carbocycles. The highest BCUT2D eigenvalue weighted by molar-refractivity contribution is 6.43. The van der Waals surface area contributed by atoms with E-state index < -0.39 is 11.7 Å². The van der Waals surface area contributed by atoms with Crippen LogP contribution in [-0.2, 0) is 11.2 Å². The Morgan fingerprint density at radius 1 is 1.00 bits per heavy atom. The fourth-order valence-corrected chi connectivity index (χ4v) is 4.27. The minimum absolute atomic E-state index is 0.271. The lowest BCUT2D eigenvalue weighted by Gasteiger charge is -2.16. The Hall–Kier alpha value is -4.07. The predicted molar refractivity (Wildman–Crippen MR) is 137 cm³/mol. The second kappa shape index (κ2) is 11.1. The van der Waals surface area contributed by atoms with Crippen molar-refractivity contribution in [3.05, 3.63) is 89.1 Å². The quantitative estimate of drug-likeness (QED) is 0.192. The van der Waals surface area contributed by atoms with Crippen LogP contribution < -0.4 is 0 Å². The Labute approximate surface area is 210 Å². The third-order valence-corrected chi connectivity index (χ3v) is 6.27. The Balaban J connectivity index is 1.26. The third kappa shape index (κ3) is 5.59. The van der Waals surface area contributed by atoms with E-state index in [2.05, 4.69) is 15.3 Å². The number of hydrogen-bond donors (Lipinski definition) is 1. The molecule has 2 aromatic heterocycles. The van der Waals surface area contributed by atoms with E-state index in [0.29, 0.717) is 23.5 Å². The number of rotatable bonds is 10. The highest BCUT2D eigenvalue weighted by Crippen LogP contribution is 2.20. The summed E-state index contributed by atoms with van der Waals surface area (Å²) >= 11 is 0. The van der Waals surface area contributed by atoms with Gasteiger partial charge < -0.3 is 4.90 Å². The van der Waals surface area contributed by atoms with E-state index >= 15 is 0 Å². The van der Waals surface area contributed by atoms with Crippen LogP contribution in [0.4, 0.5) is 4.39 Å². The van der Waals surface area contributed by atoms with Crippen molar-refractivity contribution in [2.45, 2.75) is 39.5 Å². The molecule has 0 radical (unpaired) electrons. The monoisotopic (exact) mass is 487 g/mol. The lowest BCUT2D eigenvalue weighted by molar-refractivity contribution is -0.125. The number of carbonyl (C=O) groups is 2. The number of aryl methyl sites for hydroxylation is 2. The molecule has 0 aliphatic heterocycles. The number of para-hydroxylation sites is 1. The van der Waals surface area contributed by atoms with Crippen LogP contribution >= 0.6 is 0 Å². The normalized spacial score (nSPS) is 11.0. The number of nitrogens with one attached hydrogen (secondary N) is 1. The molecule has 4 aromatic rings. The summed E-state index contributed by atoms with van der Waals surface area (Å²) in [6.45, 7) is 4.06.